The number of nitrogens with one attached hydrogen (secondary N) is 1. The molecule has 0 unspecified atom stereocenters. The van der Waals surface area contributed by atoms with Gasteiger partial charge in [0.2, 0.25) is 0 Å². The number of aromatic nitrogens is 1. The van der Waals surface area contributed by atoms with Crippen molar-refractivity contribution >= 4 is 26.7 Å². The summed E-state index contributed by atoms with van der Waals surface area (Å²) in [7, 11) is 0. The van der Waals surface area contributed by atoms with E-state index in [1.54, 1.807) is 11.3 Å². The Morgan fingerprint density at radius 2 is 1.90 bits per heavy atom. The van der Waals surface area contributed by atoms with E-state index >= 15 is 0 Å². The van der Waals surface area contributed by atoms with Crippen molar-refractivity contribution in [3.8, 4) is 0 Å². The maximum absolute atomic E-state index is 4.63. The van der Waals surface area contributed by atoms with Gasteiger partial charge in [-0.05, 0) is 42.2 Å². The molecule has 2 aromatic carbocycles. The van der Waals surface area contributed by atoms with E-state index in [1.807, 2.05) is 0 Å². The first-order chi connectivity index (χ1) is 9.76. The summed E-state index contributed by atoms with van der Waals surface area (Å²) in [6.07, 6.45) is 1.07. The fourth-order valence-corrected chi connectivity index (χ4v) is 3.31. The summed E-state index contributed by atoms with van der Waals surface area (Å²) in [6, 6.07) is 15.0. The molecule has 1 aromatic heterocycles. The van der Waals surface area contributed by atoms with Gasteiger partial charge >= 0.3 is 0 Å². The molecular weight excluding hydrogens is 264 g/mol. The first-order valence-electron chi connectivity index (χ1n) is 6.94. The van der Waals surface area contributed by atoms with E-state index in [9.17, 15) is 0 Å². The first-order valence-corrected chi connectivity index (χ1v) is 7.76. The van der Waals surface area contributed by atoms with Crippen LogP contribution < -0.4 is 5.32 Å². The van der Waals surface area contributed by atoms with Crippen molar-refractivity contribution in [3.63, 3.8) is 0 Å². The molecule has 3 rings (SSSR count). The summed E-state index contributed by atoms with van der Waals surface area (Å²) < 4.78 is 1.25. The van der Waals surface area contributed by atoms with Crippen LogP contribution in [-0.4, -0.2) is 4.98 Å². The molecule has 0 saturated heterocycles. The lowest BCUT2D eigenvalue weighted by molar-refractivity contribution is 1.04. The van der Waals surface area contributed by atoms with Crippen LogP contribution in [-0.2, 0) is 13.0 Å². The molecule has 0 spiro atoms. The van der Waals surface area contributed by atoms with Gasteiger partial charge in [-0.3, -0.25) is 0 Å². The third kappa shape index (κ3) is 2.68. The highest BCUT2D eigenvalue weighted by atomic mass is 32.1. The largest absolute Gasteiger partial charge is 0.357 e. The zero-order valence-corrected chi connectivity index (χ0v) is 12.6. The van der Waals surface area contributed by atoms with Gasteiger partial charge in [-0.15, -0.1) is 0 Å². The number of fused-ring (bicyclic) bond motifs is 1. The normalized spacial score (nSPS) is 10.9. The molecule has 3 aromatic rings. The number of rotatable bonds is 4. The molecule has 0 aliphatic rings. The van der Waals surface area contributed by atoms with Crippen LogP contribution in [0, 0.1) is 6.92 Å². The fourth-order valence-electron chi connectivity index (χ4n) is 2.35. The lowest BCUT2D eigenvalue weighted by atomic mass is 10.1. The van der Waals surface area contributed by atoms with Crippen LogP contribution in [0.4, 0.5) is 5.13 Å². The Hall–Kier alpha value is -1.87. The Morgan fingerprint density at radius 1 is 1.10 bits per heavy atom. The number of benzene rings is 2. The summed E-state index contributed by atoms with van der Waals surface area (Å²) in [5.41, 5.74) is 5.11. The number of thiazole rings is 1. The second-order valence-electron chi connectivity index (χ2n) is 4.97. The SMILES string of the molecule is CCc1ccccc1CNc1nc2ccc(C)cc2s1. The van der Waals surface area contributed by atoms with Gasteiger partial charge in [-0.2, -0.15) is 0 Å². The molecule has 0 fully saturated rings. The van der Waals surface area contributed by atoms with Crippen LogP contribution in [0.15, 0.2) is 42.5 Å². The Labute approximate surface area is 123 Å². The van der Waals surface area contributed by atoms with Gasteiger partial charge in [0.15, 0.2) is 5.13 Å². The Balaban J connectivity index is 1.79. The smallest absolute Gasteiger partial charge is 0.184 e. The lowest BCUT2D eigenvalue weighted by Crippen LogP contribution is -2.01. The topological polar surface area (TPSA) is 24.9 Å². The van der Waals surface area contributed by atoms with E-state index in [1.165, 1.54) is 21.4 Å². The maximum Gasteiger partial charge on any atom is 0.184 e. The zero-order chi connectivity index (χ0) is 13.9. The quantitative estimate of drug-likeness (QED) is 0.745. The van der Waals surface area contributed by atoms with Crippen LogP contribution in [0.5, 0.6) is 0 Å². The number of aryl methyl sites for hydroxylation is 2. The predicted octanol–water partition coefficient (Wildman–Crippen LogP) is 4.78. The van der Waals surface area contributed by atoms with Crippen molar-refractivity contribution in [2.24, 2.45) is 0 Å². The minimum Gasteiger partial charge on any atom is -0.357 e. The van der Waals surface area contributed by atoms with Crippen molar-refractivity contribution in [2.45, 2.75) is 26.8 Å². The second kappa shape index (κ2) is 5.63. The van der Waals surface area contributed by atoms with Crippen molar-refractivity contribution in [1.82, 2.24) is 4.98 Å². The van der Waals surface area contributed by atoms with Crippen LogP contribution in [0.3, 0.4) is 0 Å². The molecule has 1 heterocycles. The third-order valence-electron chi connectivity index (χ3n) is 3.47. The van der Waals surface area contributed by atoms with E-state index in [0.29, 0.717) is 0 Å². The monoisotopic (exact) mass is 282 g/mol. The van der Waals surface area contributed by atoms with Crippen molar-refractivity contribution in [1.29, 1.82) is 0 Å². The Kier molecular flexibility index (Phi) is 3.70. The van der Waals surface area contributed by atoms with E-state index in [0.717, 1.165) is 23.6 Å². The standard InChI is InChI=1S/C17H18N2S/c1-3-13-6-4-5-7-14(13)11-18-17-19-15-9-8-12(2)10-16(15)20-17/h4-10H,3,11H2,1-2H3,(H,18,19). The van der Waals surface area contributed by atoms with Gasteiger partial charge in [0, 0.05) is 6.54 Å². The Morgan fingerprint density at radius 3 is 2.70 bits per heavy atom. The number of hydrogen-bond donors (Lipinski definition) is 1. The van der Waals surface area contributed by atoms with Crippen LogP contribution in [0.2, 0.25) is 0 Å². The third-order valence-corrected chi connectivity index (χ3v) is 4.45. The minimum atomic E-state index is 0.836. The second-order valence-corrected chi connectivity index (χ2v) is 6.00. The summed E-state index contributed by atoms with van der Waals surface area (Å²) in [6.45, 7) is 5.14. The fraction of sp³-hybridized carbons (Fsp3) is 0.235. The molecule has 0 radical (unpaired) electrons. The molecule has 3 heteroatoms. The Bertz CT molecular complexity index is 731. The molecule has 0 saturated carbocycles. The van der Waals surface area contributed by atoms with Gasteiger partial charge in [0.05, 0.1) is 10.2 Å². The van der Waals surface area contributed by atoms with Crippen molar-refractivity contribution < 1.29 is 0 Å². The molecule has 0 bridgehead atoms. The van der Waals surface area contributed by atoms with Gasteiger partial charge in [0.1, 0.15) is 0 Å². The molecule has 0 amide bonds. The molecule has 0 aliphatic carbocycles. The average Bonchev–Trinajstić information content (AvgIpc) is 2.87. The molecular formula is C17H18N2S. The summed E-state index contributed by atoms with van der Waals surface area (Å²) in [4.78, 5) is 4.63. The molecule has 20 heavy (non-hydrogen) atoms. The van der Waals surface area contributed by atoms with Gasteiger partial charge in [0.25, 0.3) is 0 Å². The van der Waals surface area contributed by atoms with Crippen molar-refractivity contribution in [2.75, 3.05) is 5.32 Å². The average molecular weight is 282 g/mol. The van der Waals surface area contributed by atoms with E-state index < -0.39 is 0 Å². The highest BCUT2D eigenvalue weighted by Crippen LogP contribution is 2.27. The molecule has 0 aliphatic heterocycles. The number of anilines is 1. The van der Waals surface area contributed by atoms with Crippen LogP contribution in [0.25, 0.3) is 10.2 Å². The summed E-state index contributed by atoms with van der Waals surface area (Å²) in [5, 5.41) is 4.45. The van der Waals surface area contributed by atoms with E-state index in [4.69, 9.17) is 0 Å². The highest BCUT2D eigenvalue weighted by Gasteiger charge is 2.05. The molecule has 102 valence electrons. The van der Waals surface area contributed by atoms with Gasteiger partial charge in [-0.1, -0.05) is 48.6 Å². The lowest BCUT2D eigenvalue weighted by Gasteiger charge is -2.07. The zero-order valence-electron chi connectivity index (χ0n) is 11.8. The molecule has 1 N–H and O–H groups in total. The van der Waals surface area contributed by atoms with E-state index in [-0.39, 0.29) is 0 Å². The summed E-state index contributed by atoms with van der Waals surface area (Å²) in [5.74, 6) is 0. The number of nitrogens with zero attached hydrogens (tertiary/aromatic N) is 1. The highest BCUT2D eigenvalue weighted by molar-refractivity contribution is 7.22. The summed E-state index contributed by atoms with van der Waals surface area (Å²) >= 11 is 1.72. The van der Waals surface area contributed by atoms with Gasteiger partial charge in [-0.25, -0.2) is 4.98 Å². The van der Waals surface area contributed by atoms with Crippen LogP contribution >= 0.6 is 11.3 Å². The number of hydrogen-bond acceptors (Lipinski definition) is 3. The minimum absolute atomic E-state index is 0.836. The first kappa shape index (κ1) is 13.1. The van der Waals surface area contributed by atoms with Gasteiger partial charge < -0.3 is 5.32 Å². The predicted molar refractivity (Wildman–Crippen MR) is 87.5 cm³/mol. The van der Waals surface area contributed by atoms with E-state index in [2.05, 4.69) is 66.6 Å². The van der Waals surface area contributed by atoms with Crippen molar-refractivity contribution in [3.05, 3.63) is 59.2 Å². The molecule has 0 atom stereocenters. The molecule has 2 nitrogen and oxygen atoms in total. The maximum atomic E-state index is 4.63. The van der Waals surface area contributed by atoms with Crippen LogP contribution in [0.1, 0.15) is 23.6 Å².